The zero-order valence-electron chi connectivity index (χ0n) is 14.2. The molecular formula is C17H24N4O2. The van der Waals surface area contributed by atoms with Crippen molar-refractivity contribution in [3.63, 3.8) is 0 Å². The summed E-state index contributed by atoms with van der Waals surface area (Å²) in [5.74, 6) is 0.750. The Morgan fingerprint density at radius 3 is 2.91 bits per heavy atom. The Balaban J connectivity index is 2.05. The Kier molecular flexibility index (Phi) is 5.09. The third-order valence-electron chi connectivity index (χ3n) is 3.83. The van der Waals surface area contributed by atoms with Gasteiger partial charge >= 0.3 is 6.09 Å². The number of amides is 1. The fourth-order valence-corrected chi connectivity index (χ4v) is 2.63. The van der Waals surface area contributed by atoms with Gasteiger partial charge in [-0.1, -0.05) is 0 Å². The number of likely N-dealkylation sites (tertiary alicyclic amines) is 1. The van der Waals surface area contributed by atoms with Crippen molar-refractivity contribution in [2.24, 2.45) is 0 Å². The number of ether oxygens (including phenoxy) is 1. The molecule has 0 saturated carbocycles. The van der Waals surface area contributed by atoms with Crippen LogP contribution in [0.25, 0.3) is 0 Å². The number of likely N-dealkylation sites (N-methyl/N-ethyl adjacent to an activating group) is 1. The van der Waals surface area contributed by atoms with Crippen molar-refractivity contribution < 1.29 is 9.53 Å². The van der Waals surface area contributed by atoms with Crippen molar-refractivity contribution in [1.29, 1.82) is 5.26 Å². The number of nitrogens with zero attached hydrogens (tertiary/aromatic N) is 4. The van der Waals surface area contributed by atoms with Gasteiger partial charge in [0.2, 0.25) is 0 Å². The lowest BCUT2D eigenvalue weighted by atomic mass is 10.0. The summed E-state index contributed by atoms with van der Waals surface area (Å²) < 4.78 is 5.46. The van der Waals surface area contributed by atoms with E-state index in [9.17, 15) is 4.79 Å². The van der Waals surface area contributed by atoms with Gasteiger partial charge in [-0.05, 0) is 45.7 Å². The molecule has 1 aromatic rings. The molecule has 1 amide bonds. The molecule has 1 fully saturated rings. The minimum atomic E-state index is -0.487. The lowest BCUT2D eigenvalue weighted by Crippen LogP contribution is -2.50. The van der Waals surface area contributed by atoms with Gasteiger partial charge in [-0.15, -0.1) is 0 Å². The van der Waals surface area contributed by atoms with Crippen LogP contribution >= 0.6 is 0 Å². The zero-order valence-corrected chi connectivity index (χ0v) is 14.2. The molecule has 1 aliphatic rings. The molecule has 2 heterocycles. The van der Waals surface area contributed by atoms with Gasteiger partial charge in [0.25, 0.3) is 0 Å². The monoisotopic (exact) mass is 316 g/mol. The number of aromatic nitrogens is 1. The van der Waals surface area contributed by atoms with Gasteiger partial charge in [-0.25, -0.2) is 9.78 Å². The van der Waals surface area contributed by atoms with E-state index in [2.05, 4.69) is 11.1 Å². The van der Waals surface area contributed by atoms with E-state index in [1.165, 1.54) is 0 Å². The van der Waals surface area contributed by atoms with E-state index in [4.69, 9.17) is 10.00 Å². The van der Waals surface area contributed by atoms with Crippen LogP contribution in [0.4, 0.5) is 10.6 Å². The van der Waals surface area contributed by atoms with Crippen molar-refractivity contribution in [2.75, 3.05) is 25.0 Å². The van der Waals surface area contributed by atoms with Crippen LogP contribution in [0.2, 0.25) is 0 Å². The number of piperidine rings is 1. The molecule has 0 aliphatic carbocycles. The van der Waals surface area contributed by atoms with Crippen LogP contribution in [0.5, 0.6) is 0 Å². The summed E-state index contributed by atoms with van der Waals surface area (Å²) in [4.78, 5) is 20.4. The third-order valence-corrected chi connectivity index (χ3v) is 3.83. The highest BCUT2D eigenvalue weighted by Gasteiger charge is 2.29. The molecule has 1 aromatic heterocycles. The van der Waals surface area contributed by atoms with Gasteiger partial charge in [0.1, 0.15) is 11.4 Å². The molecule has 0 spiro atoms. The standard InChI is InChI=1S/C17H24N4O2/c1-17(2,3)23-16(22)21-9-5-6-14(12-21)20(4)15-10-13(11-18)7-8-19-15/h7-8,10,14H,5-6,9,12H2,1-4H3. The fourth-order valence-electron chi connectivity index (χ4n) is 2.63. The second kappa shape index (κ2) is 6.86. The predicted octanol–water partition coefficient (Wildman–Crippen LogP) is 2.79. The largest absolute Gasteiger partial charge is 0.444 e. The van der Waals surface area contributed by atoms with E-state index in [-0.39, 0.29) is 12.1 Å². The molecule has 1 unspecified atom stereocenters. The molecule has 124 valence electrons. The highest BCUT2D eigenvalue weighted by molar-refractivity contribution is 5.68. The summed E-state index contributed by atoms with van der Waals surface area (Å²) in [6, 6.07) is 5.75. The summed E-state index contributed by atoms with van der Waals surface area (Å²) >= 11 is 0. The van der Waals surface area contributed by atoms with E-state index in [0.717, 1.165) is 18.7 Å². The van der Waals surface area contributed by atoms with Crippen molar-refractivity contribution >= 4 is 11.9 Å². The van der Waals surface area contributed by atoms with Crippen LogP contribution in [0.3, 0.4) is 0 Å². The second-order valence-corrected chi connectivity index (χ2v) is 6.85. The van der Waals surface area contributed by atoms with Gasteiger partial charge in [0, 0.05) is 32.4 Å². The average molecular weight is 316 g/mol. The summed E-state index contributed by atoms with van der Waals surface area (Å²) in [6.45, 7) is 6.93. The first kappa shape index (κ1) is 17.1. The van der Waals surface area contributed by atoms with Crippen LogP contribution in [0, 0.1) is 11.3 Å². The Hall–Kier alpha value is -2.29. The third kappa shape index (κ3) is 4.59. The van der Waals surface area contributed by atoms with Gasteiger partial charge in [0.05, 0.1) is 11.6 Å². The second-order valence-electron chi connectivity index (χ2n) is 6.85. The highest BCUT2D eigenvalue weighted by Crippen LogP contribution is 2.22. The highest BCUT2D eigenvalue weighted by atomic mass is 16.6. The van der Waals surface area contributed by atoms with E-state index in [1.807, 2.05) is 32.7 Å². The van der Waals surface area contributed by atoms with Crippen molar-refractivity contribution in [3.8, 4) is 6.07 Å². The number of rotatable bonds is 2. The minimum absolute atomic E-state index is 0.165. The average Bonchev–Trinajstić information content (AvgIpc) is 2.52. The Labute approximate surface area is 137 Å². The molecule has 0 bridgehead atoms. The van der Waals surface area contributed by atoms with Crippen LogP contribution in [-0.4, -0.2) is 47.8 Å². The van der Waals surface area contributed by atoms with Crippen LogP contribution in [0.15, 0.2) is 18.3 Å². The van der Waals surface area contributed by atoms with Crippen molar-refractivity contribution in [1.82, 2.24) is 9.88 Å². The molecule has 0 radical (unpaired) electrons. The first-order valence-electron chi connectivity index (χ1n) is 7.87. The Morgan fingerprint density at radius 2 is 2.26 bits per heavy atom. The van der Waals surface area contributed by atoms with Crippen molar-refractivity contribution in [3.05, 3.63) is 23.9 Å². The van der Waals surface area contributed by atoms with Gasteiger partial charge in [0.15, 0.2) is 0 Å². The normalized spacial score (nSPS) is 18.2. The number of carbonyl (C=O) groups excluding carboxylic acids is 1. The van der Waals surface area contributed by atoms with Crippen LogP contribution in [-0.2, 0) is 4.74 Å². The van der Waals surface area contributed by atoms with E-state index >= 15 is 0 Å². The fraction of sp³-hybridized carbons (Fsp3) is 0.588. The summed E-state index contributed by atoms with van der Waals surface area (Å²) in [5.41, 5.74) is 0.0974. The topological polar surface area (TPSA) is 69.5 Å². The van der Waals surface area contributed by atoms with Gasteiger partial charge < -0.3 is 14.5 Å². The van der Waals surface area contributed by atoms with Gasteiger partial charge in [-0.2, -0.15) is 5.26 Å². The predicted molar refractivity (Wildman–Crippen MR) is 88.2 cm³/mol. The number of hydrogen-bond acceptors (Lipinski definition) is 5. The lowest BCUT2D eigenvalue weighted by Gasteiger charge is -2.38. The van der Waals surface area contributed by atoms with E-state index in [0.29, 0.717) is 18.7 Å². The molecular weight excluding hydrogens is 292 g/mol. The Morgan fingerprint density at radius 1 is 1.52 bits per heavy atom. The lowest BCUT2D eigenvalue weighted by molar-refractivity contribution is 0.0199. The molecule has 1 saturated heterocycles. The molecule has 6 heteroatoms. The SMILES string of the molecule is CN(c1cc(C#N)ccn1)C1CCCN(C(=O)OC(C)(C)C)C1. The maximum Gasteiger partial charge on any atom is 0.410 e. The smallest absolute Gasteiger partial charge is 0.410 e. The molecule has 2 rings (SSSR count). The number of pyridine rings is 1. The van der Waals surface area contributed by atoms with E-state index < -0.39 is 5.60 Å². The summed E-state index contributed by atoms with van der Waals surface area (Å²) in [6.07, 6.45) is 3.27. The minimum Gasteiger partial charge on any atom is -0.444 e. The number of nitriles is 1. The molecule has 23 heavy (non-hydrogen) atoms. The maximum absolute atomic E-state index is 12.2. The number of anilines is 1. The summed E-state index contributed by atoms with van der Waals surface area (Å²) in [7, 11) is 1.95. The van der Waals surface area contributed by atoms with Gasteiger partial charge in [-0.3, -0.25) is 0 Å². The summed E-state index contributed by atoms with van der Waals surface area (Å²) in [5, 5.41) is 9.01. The molecule has 6 nitrogen and oxygen atoms in total. The quantitative estimate of drug-likeness (QED) is 0.839. The molecule has 1 aliphatic heterocycles. The number of carbonyl (C=O) groups is 1. The van der Waals surface area contributed by atoms with E-state index in [1.54, 1.807) is 23.2 Å². The zero-order chi connectivity index (χ0) is 17.0. The van der Waals surface area contributed by atoms with Crippen LogP contribution < -0.4 is 4.90 Å². The Bertz CT molecular complexity index is 603. The number of hydrogen-bond donors (Lipinski definition) is 0. The first-order chi connectivity index (χ1) is 10.8. The first-order valence-corrected chi connectivity index (χ1v) is 7.87. The molecule has 0 N–H and O–H groups in total. The van der Waals surface area contributed by atoms with Crippen LogP contribution in [0.1, 0.15) is 39.2 Å². The molecule has 1 atom stereocenters. The van der Waals surface area contributed by atoms with Crippen molar-refractivity contribution in [2.45, 2.75) is 45.3 Å². The maximum atomic E-state index is 12.2. The molecule has 0 aromatic carbocycles.